The van der Waals surface area contributed by atoms with E-state index in [1.807, 2.05) is 24.3 Å². The Labute approximate surface area is 165 Å². The first-order valence-electron chi connectivity index (χ1n) is 9.82. The second kappa shape index (κ2) is 10.3. The largest absolute Gasteiger partial charge is 0.465 e. The topological polar surface area (TPSA) is 83.4 Å². The number of nitrogens with one attached hydrogen (secondary N) is 3. The summed E-state index contributed by atoms with van der Waals surface area (Å²) in [6.07, 6.45) is 10.0. The van der Waals surface area contributed by atoms with Crippen LogP contribution in [0.5, 0.6) is 0 Å². The average Bonchev–Trinajstić information content (AvgIpc) is 3.40. The molecule has 3 N–H and O–H groups in total. The standard InChI is InChI=1S/C22H27N3O3/c26-21(12-11-20-6-3-15-28-20)23-14-13-22(27)25-19-9-7-18(8-10-19)24-16-17-4-1-2-5-17/h3,6-12,15,17,24H,1-2,4-5,13-14,16H2,(H,23,26)(H,25,27)/b12-11+. The van der Waals surface area contributed by atoms with Crippen molar-refractivity contribution < 1.29 is 14.0 Å². The van der Waals surface area contributed by atoms with E-state index in [9.17, 15) is 9.59 Å². The Hall–Kier alpha value is -3.02. The van der Waals surface area contributed by atoms with E-state index in [0.29, 0.717) is 5.76 Å². The van der Waals surface area contributed by atoms with Gasteiger partial charge in [0.2, 0.25) is 11.8 Å². The predicted molar refractivity (Wildman–Crippen MR) is 111 cm³/mol. The summed E-state index contributed by atoms with van der Waals surface area (Å²) in [4.78, 5) is 23.7. The smallest absolute Gasteiger partial charge is 0.244 e. The van der Waals surface area contributed by atoms with Crippen molar-refractivity contribution in [3.8, 4) is 0 Å². The fourth-order valence-corrected chi connectivity index (χ4v) is 3.27. The van der Waals surface area contributed by atoms with Crippen molar-refractivity contribution in [2.45, 2.75) is 32.1 Å². The quantitative estimate of drug-likeness (QED) is 0.573. The molecule has 0 bridgehead atoms. The fraction of sp³-hybridized carbons (Fsp3) is 0.364. The average molecular weight is 381 g/mol. The van der Waals surface area contributed by atoms with Gasteiger partial charge in [-0.3, -0.25) is 9.59 Å². The first-order valence-corrected chi connectivity index (χ1v) is 9.82. The van der Waals surface area contributed by atoms with Gasteiger partial charge in [0.15, 0.2) is 0 Å². The van der Waals surface area contributed by atoms with E-state index < -0.39 is 0 Å². The van der Waals surface area contributed by atoms with Gasteiger partial charge in [-0.1, -0.05) is 12.8 Å². The van der Waals surface area contributed by atoms with Gasteiger partial charge in [0, 0.05) is 37.0 Å². The van der Waals surface area contributed by atoms with Gasteiger partial charge < -0.3 is 20.4 Å². The molecule has 0 saturated heterocycles. The predicted octanol–water partition coefficient (Wildman–Crippen LogP) is 4.04. The van der Waals surface area contributed by atoms with Crippen LogP contribution in [-0.4, -0.2) is 24.9 Å². The number of hydrogen-bond donors (Lipinski definition) is 3. The molecule has 1 aliphatic rings. The van der Waals surface area contributed by atoms with Gasteiger partial charge in [-0.15, -0.1) is 0 Å². The summed E-state index contributed by atoms with van der Waals surface area (Å²) in [7, 11) is 0. The van der Waals surface area contributed by atoms with E-state index in [0.717, 1.165) is 23.8 Å². The van der Waals surface area contributed by atoms with E-state index >= 15 is 0 Å². The molecule has 1 fully saturated rings. The van der Waals surface area contributed by atoms with Crippen LogP contribution in [0.3, 0.4) is 0 Å². The maximum Gasteiger partial charge on any atom is 0.244 e. The molecule has 28 heavy (non-hydrogen) atoms. The Kier molecular flexibility index (Phi) is 7.29. The van der Waals surface area contributed by atoms with Crippen LogP contribution in [0, 0.1) is 5.92 Å². The Bertz CT molecular complexity index is 776. The molecule has 3 rings (SSSR count). The molecule has 2 amide bonds. The molecule has 2 aromatic rings. The zero-order valence-electron chi connectivity index (χ0n) is 15.9. The third kappa shape index (κ3) is 6.61. The molecule has 6 heteroatoms. The number of carbonyl (C=O) groups is 2. The summed E-state index contributed by atoms with van der Waals surface area (Å²) in [5.41, 5.74) is 1.82. The van der Waals surface area contributed by atoms with Crippen LogP contribution in [0.2, 0.25) is 0 Å². The Morgan fingerprint density at radius 2 is 1.82 bits per heavy atom. The zero-order chi connectivity index (χ0) is 19.6. The molecule has 0 radical (unpaired) electrons. The van der Waals surface area contributed by atoms with Crippen molar-refractivity contribution in [3.63, 3.8) is 0 Å². The van der Waals surface area contributed by atoms with Crippen molar-refractivity contribution in [2.24, 2.45) is 5.92 Å². The second-order valence-electron chi connectivity index (χ2n) is 7.05. The van der Waals surface area contributed by atoms with Gasteiger partial charge >= 0.3 is 0 Å². The first kappa shape index (κ1) is 19.7. The van der Waals surface area contributed by atoms with Gasteiger partial charge in [0.05, 0.1) is 6.26 Å². The van der Waals surface area contributed by atoms with Gasteiger partial charge in [0.25, 0.3) is 0 Å². The highest BCUT2D eigenvalue weighted by molar-refractivity contribution is 5.93. The van der Waals surface area contributed by atoms with Crippen LogP contribution in [0.1, 0.15) is 37.9 Å². The fourth-order valence-electron chi connectivity index (χ4n) is 3.27. The monoisotopic (exact) mass is 381 g/mol. The highest BCUT2D eigenvalue weighted by atomic mass is 16.3. The van der Waals surface area contributed by atoms with Crippen LogP contribution in [0.4, 0.5) is 11.4 Å². The van der Waals surface area contributed by atoms with Crippen LogP contribution in [0.25, 0.3) is 6.08 Å². The van der Waals surface area contributed by atoms with Crippen LogP contribution < -0.4 is 16.0 Å². The summed E-state index contributed by atoms with van der Waals surface area (Å²) >= 11 is 0. The molecular weight excluding hydrogens is 354 g/mol. The number of amides is 2. The molecule has 0 unspecified atom stereocenters. The molecule has 1 aromatic heterocycles. The molecule has 148 valence electrons. The van der Waals surface area contributed by atoms with E-state index in [-0.39, 0.29) is 24.8 Å². The van der Waals surface area contributed by atoms with Crippen LogP contribution in [-0.2, 0) is 9.59 Å². The molecule has 6 nitrogen and oxygen atoms in total. The van der Waals surface area contributed by atoms with E-state index in [2.05, 4.69) is 16.0 Å². The number of furan rings is 1. The molecule has 1 aliphatic carbocycles. The molecular formula is C22H27N3O3. The Morgan fingerprint density at radius 1 is 1.07 bits per heavy atom. The van der Waals surface area contributed by atoms with Crippen LogP contribution >= 0.6 is 0 Å². The van der Waals surface area contributed by atoms with Crippen molar-refractivity contribution in [1.29, 1.82) is 0 Å². The number of rotatable bonds is 9. The van der Waals surface area contributed by atoms with Gasteiger partial charge in [-0.2, -0.15) is 0 Å². The summed E-state index contributed by atoms with van der Waals surface area (Å²) in [6, 6.07) is 11.2. The van der Waals surface area contributed by atoms with Gasteiger partial charge in [0.1, 0.15) is 5.76 Å². The van der Waals surface area contributed by atoms with Gasteiger partial charge in [-0.05, 0) is 61.2 Å². The first-order chi connectivity index (χ1) is 13.7. The number of anilines is 2. The molecule has 1 aromatic carbocycles. The number of hydrogen-bond acceptors (Lipinski definition) is 4. The minimum absolute atomic E-state index is 0.137. The summed E-state index contributed by atoms with van der Waals surface area (Å²) in [5, 5.41) is 8.98. The number of carbonyl (C=O) groups excluding carboxylic acids is 2. The van der Waals surface area contributed by atoms with Crippen molar-refractivity contribution in [1.82, 2.24) is 5.32 Å². The normalized spacial score (nSPS) is 14.3. The highest BCUT2D eigenvalue weighted by Crippen LogP contribution is 2.25. The third-order valence-corrected chi connectivity index (χ3v) is 4.83. The van der Waals surface area contributed by atoms with E-state index in [1.165, 1.54) is 31.8 Å². The van der Waals surface area contributed by atoms with E-state index in [1.54, 1.807) is 24.5 Å². The van der Waals surface area contributed by atoms with Crippen molar-refractivity contribution in [2.75, 3.05) is 23.7 Å². The van der Waals surface area contributed by atoms with Crippen molar-refractivity contribution >= 4 is 29.3 Å². The lowest BCUT2D eigenvalue weighted by atomic mass is 10.1. The van der Waals surface area contributed by atoms with E-state index in [4.69, 9.17) is 4.42 Å². The lowest BCUT2D eigenvalue weighted by molar-refractivity contribution is -0.117. The molecule has 1 saturated carbocycles. The Morgan fingerprint density at radius 3 is 2.54 bits per heavy atom. The SMILES string of the molecule is O=C(/C=C/c1ccco1)NCCC(=O)Nc1ccc(NCC2CCCC2)cc1. The molecule has 0 aliphatic heterocycles. The van der Waals surface area contributed by atoms with Gasteiger partial charge in [-0.25, -0.2) is 0 Å². The third-order valence-electron chi connectivity index (χ3n) is 4.83. The maximum absolute atomic E-state index is 12.0. The van der Waals surface area contributed by atoms with Crippen LogP contribution in [0.15, 0.2) is 53.2 Å². The second-order valence-corrected chi connectivity index (χ2v) is 7.05. The minimum atomic E-state index is -0.262. The maximum atomic E-state index is 12.0. The lowest BCUT2D eigenvalue weighted by Crippen LogP contribution is -2.26. The lowest BCUT2D eigenvalue weighted by Gasteiger charge is -2.12. The summed E-state index contributed by atoms with van der Waals surface area (Å²) < 4.78 is 5.11. The summed E-state index contributed by atoms with van der Waals surface area (Å²) in [5.74, 6) is 0.987. The minimum Gasteiger partial charge on any atom is -0.465 e. The molecule has 0 spiro atoms. The zero-order valence-corrected chi connectivity index (χ0v) is 15.9. The molecule has 0 atom stereocenters. The molecule has 1 heterocycles. The Balaban J connectivity index is 1.33. The number of benzene rings is 1. The highest BCUT2D eigenvalue weighted by Gasteiger charge is 2.14. The summed E-state index contributed by atoms with van der Waals surface area (Å²) in [6.45, 7) is 1.29. The van der Waals surface area contributed by atoms with Crippen molar-refractivity contribution in [3.05, 3.63) is 54.5 Å².